The van der Waals surface area contributed by atoms with E-state index in [9.17, 15) is 28.2 Å². The monoisotopic (exact) mass is 878 g/mol. The van der Waals surface area contributed by atoms with Crippen molar-refractivity contribution in [3.8, 4) is 11.6 Å². The fourth-order valence-corrected chi connectivity index (χ4v) is 9.24. The topological polar surface area (TPSA) is 189 Å². The number of carbonyl (C=O) groups is 3. The van der Waals surface area contributed by atoms with Crippen LogP contribution in [0.3, 0.4) is 0 Å². The lowest BCUT2D eigenvalue weighted by molar-refractivity contribution is -0.131. The molecule has 294 valence electrons. The third-order valence-electron chi connectivity index (χ3n) is 10.6. The molecule has 3 amide bonds. The summed E-state index contributed by atoms with van der Waals surface area (Å²) in [5.41, 5.74) is -2.26. The van der Waals surface area contributed by atoms with Crippen molar-refractivity contribution in [1.82, 2.24) is 25.2 Å². The molecule has 0 spiro atoms. The van der Waals surface area contributed by atoms with Crippen LogP contribution >= 0.6 is 22.6 Å². The number of pyridine rings is 1. The van der Waals surface area contributed by atoms with Crippen LogP contribution in [-0.2, 0) is 24.3 Å². The Hall–Kier alpha value is -3.67. The van der Waals surface area contributed by atoms with E-state index in [0.29, 0.717) is 30.9 Å². The summed E-state index contributed by atoms with van der Waals surface area (Å²) in [5.74, 6) is -0.872. The Kier molecular flexibility index (Phi) is 11.5. The van der Waals surface area contributed by atoms with E-state index in [1.165, 1.54) is 0 Å². The first-order chi connectivity index (χ1) is 25.4. The molecule has 1 saturated heterocycles. The third-order valence-corrected chi connectivity index (χ3v) is 13.1. The molecule has 2 aromatic rings. The molecule has 2 aliphatic heterocycles. The number of amides is 3. The number of benzene rings is 1. The minimum Gasteiger partial charge on any atom is -0.494 e. The summed E-state index contributed by atoms with van der Waals surface area (Å²) in [5, 5.41) is 16.4. The van der Waals surface area contributed by atoms with Crippen LogP contribution in [0.5, 0.6) is 11.6 Å². The number of alkyl carbamates (subject to hydrolysis) is 1. The summed E-state index contributed by atoms with van der Waals surface area (Å²) >= 11 is 2.21. The van der Waals surface area contributed by atoms with E-state index < -0.39 is 68.4 Å². The maximum atomic E-state index is 14.5. The molecule has 1 aromatic carbocycles. The molecule has 0 unspecified atom stereocenters. The van der Waals surface area contributed by atoms with Crippen molar-refractivity contribution in [2.24, 2.45) is 17.8 Å². The molecular weight excluding hydrogens is 827 g/mol. The highest BCUT2D eigenvalue weighted by atomic mass is 127. The lowest BCUT2D eigenvalue weighted by Crippen LogP contribution is -2.59. The first-order valence-corrected chi connectivity index (χ1v) is 21.2. The molecule has 4 N–H and O–H groups in total. The number of allylic oxidation sites excluding steroid dienone is 1. The summed E-state index contributed by atoms with van der Waals surface area (Å²) < 4.78 is 46.7. The number of hydrogen-bond donors (Lipinski definition) is 4. The van der Waals surface area contributed by atoms with Crippen molar-refractivity contribution in [2.45, 2.75) is 114 Å². The third kappa shape index (κ3) is 8.89. The van der Waals surface area contributed by atoms with E-state index in [1.807, 2.05) is 37.3 Å². The Morgan fingerprint density at radius 1 is 1.11 bits per heavy atom. The Balaban J connectivity index is 1.35. The van der Waals surface area contributed by atoms with Gasteiger partial charge in [0.15, 0.2) is 0 Å². The van der Waals surface area contributed by atoms with Gasteiger partial charge in [-0.05, 0) is 106 Å². The fraction of sp³-hybridized carbons (Fsp3) is 0.605. The Bertz CT molecular complexity index is 1950. The molecule has 2 aliphatic carbocycles. The van der Waals surface area contributed by atoms with Gasteiger partial charge in [0.05, 0.1) is 31.1 Å². The van der Waals surface area contributed by atoms with Gasteiger partial charge >= 0.3 is 6.09 Å². The smallest absolute Gasteiger partial charge is 0.408 e. The van der Waals surface area contributed by atoms with Gasteiger partial charge < -0.3 is 29.7 Å². The summed E-state index contributed by atoms with van der Waals surface area (Å²) in [6.07, 6.45) is 7.81. The van der Waals surface area contributed by atoms with Gasteiger partial charge in [-0.2, -0.15) is 0 Å². The van der Waals surface area contributed by atoms with Crippen LogP contribution in [0.2, 0.25) is 0 Å². The molecule has 16 heteroatoms. The number of nitrogens with zero attached hydrogens (tertiary/aromatic N) is 2. The highest BCUT2D eigenvalue weighted by Crippen LogP contribution is 2.46. The second kappa shape index (κ2) is 15.5. The summed E-state index contributed by atoms with van der Waals surface area (Å²) in [4.78, 5) is 47.8. The average Bonchev–Trinajstić information content (AvgIpc) is 4.02. The summed E-state index contributed by atoms with van der Waals surface area (Å²) in [7, 11) is -2.31. The number of fused-ring (bicyclic) bond motifs is 3. The number of amidine groups is 1. The predicted octanol–water partition coefficient (Wildman–Crippen LogP) is 5.04. The number of nitrogens with one attached hydrogen (secondary N) is 4. The number of hydrogen-bond acceptors (Lipinski definition) is 10. The molecule has 54 heavy (non-hydrogen) atoms. The molecule has 3 fully saturated rings. The van der Waals surface area contributed by atoms with E-state index in [1.54, 1.807) is 39.0 Å². The second-order valence-corrected chi connectivity index (χ2v) is 19.4. The van der Waals surface area contributed by atoms with Gasteiger partial charge in [0.1, 0.15) is 34.9 Å². The van der Waals surface area contributed by atoms with E-state index in [4.69, 9.17) is 14.2 Å². The van der Waals surface area contributed by atoms with Crippen LogP contribution in [0.25, 0.3) is 10.8 Å². The van der Waals surface area contributed by atoms with E-state index in [2.05, 4.69) is 49.9 Å². The second-order valence-electron chi connectivity index (χ2n) is 16.2. The molecule has 0 bridgehead atoms. The maximum Gasteiger partial charge on any atom is 0.408 e. The van der Waals surface area contributed by atoms with Crippen molar-refractivity contribution >= 4 is 67.1 Å². The number of methoxy groups -OCH3 is 1. The number of rotatable bonds is 7. The minimum atomic E-state index is -3.88. The van der Waals surface area contributed by atoms with Gasteiger partial charge in [0.2, 0.25) is 21.8 Å². The lowest BCUT2D eigenvalue weighted by Gasteiger charge is -2.35. The van der Waals surface area contributed by atoms with Crippen LogP contribution in [0, 0.1) is 26.7 Å². The largest absolute Gasteiger partial charge is 0.494 e. The Morgan fingerprint density at radius 3 is 2.54 bits per heavy atom. The number of ether oxygens (including phenoxy) is 3. The zero-order valence-corrected chi connectivity index (χ0v) is 34.6. The van der Waals surface area contributed by atoms with Crippen molar-refractivity contribution in [3.05, 3.63) is 40.1 Å². The average molecular weight is 879 g/mol. The van der Waals surface area contributed by atoms with Gasteiger partial charge in [-0.25, -0.2) is 18.2 Å². The molecule has 2 saturated carbocycles. The summed E-state index contributed by atoms with van der Waals surface area (Å²) in [6.45, 7) is 9.43. The fourth-order valence-electron chi connectivity index (χ4n) is 7.39. The zero-order valence-electron chi connectivity index (χ0n) is 31.6. The van der Waals surface area contributed by atoms with Gasteiger partial charge in [-0.1, -0.05) is 32.4 Å². The lowest BCUT2D eigenvalue weighted by atomic mass is 9.91. The summed E-state index contributed by atoms with van der Waals surface area (Å²) in [6, 6.07) is 4.00. The highest BCUT2D eigenvalue weighted by Gasteiger charge is 2.62. The van der Waals surface area contributed by atoms with E-state index in [-0.39, 0.29) is 37.1 Å². The molecule has 4 aliphatic rings. The Labute approximate surface area is 330 Å². The zero-order chi connectivity index (χ0) is 39.2. The highest BCUT2D eigenvalue weighted by molar-refractivity contribution is 14.1. The van der Waals surface area contributed by atoms with Gasteiger partial charge in [-0.3, -0.25) is 19.7 Å². The molecule has 3 heterocycles. The maximum absolute atomic E-state index is 14.5. The molecular formula is C38H51IN6O8S. The van der Waals surface area contributed by atoms with Gasteiger partial charge in [-0.15, -0.1) is 0 Å². The molecule has 1 aromatic heterocycles. The number of aromatic nitrogens is 1. The van der Waals surface area contributed by atoms with Crippen LogP contribution in [0.15, 0.2) is 36.5 Å². The van der Waals surface area contributed by atoms with Crippen molar-refractivity contribution in [1.29, 1.82) is 5.41 Å². The number of halogens is 1. The quantitative estimate of drug-likeness (QED) is 0.217. The first-order valence-electron chi connectivity index (χ1n) is 18.6. The molecule has 7 atom stereocenters. The van der Waals surface area contributed by atoms with Crippen molar-refractivity contribution in [2.75, 3.05) is 13.7 Å². The van der Waals surface area contributed by atoms with E-state index >= 15 is 0 Å². The van der Waals surface area contributed by atoms with Gasteiger partial charge in [0.25, 0.3) is 5.91 Å². The van der Waals surface area contributed by atoms with Crippen LogP contribution in [-0.4, -0.2) is 90.3 Å². The molecule has 0 radical (unpaired) electrons. The SMILES string of the molecule is COc1cnc(O[C@@H]2C[C@H]3C(=O)N[C@]4(C(=O)NS(=O)(=O)C5CC5)C[C@H]4/C=C\[C@H](C)CCC[C@@H](C)[C@H](NC(=O)OC(C)(C)C)C(=N)N3C2)c2cc(I)ccc12. The van der Waals surface area contributed by atoms with Crippen molar-refractivity contribution in [3.63, 3.8) is 0 Å². The minimum absolute atomic E-state index is 0.00455. The van der Waals surface area contributed by atoms with Crippen molar-refractivity contribution < 1.29 is 37.0 Å². The normalized spacial score (nSPS) is 29.8. The first kappa shape index (κ1) is 40.0. The number of sulfonamides is 1. The van der Waals surface area contributed by atoms with Crippen LogP contribution in [0.1, 0.15) is 79.6 Å². The van der Waals surface area contributed by atoms with Gasteiger partial charge in [0, 0.05) is 26.7 Å². The molecule has 6 rings (SSSR count). The van der Waals surface area contributed by atoms with Crippen LogP contribution in [0.4, 0.5) is 4.79 Å². The van der Waals surface area contributed by atoms with E-state index in [0.717, 1.165) is 27.2 Å². The number of carbonyl (C=O) groups excluding carboxylic acids is 3. The molecule has 14 nitrogen and oxygen atoms in total. The standard InChI is InChI=1S/C38H51IN6O8S/c1-21-8-7-9-22(2)31(42-36(48)53-37(3,4)5)32(40)45-20-25(52-34-28-16-24(39)12-15-27(28)30(51-6)19-41-34)17-29(45)33(46)43-38(18-23(38)11-10-21)35(47)44-54(49,50)26-13-14-26/h10-12,15-16,19,21-23,25-26,29,31,40H,7-9,13-14,17-18,20H2,1-6H3,(H,42,48)(H,43,46)(H,44,47)/b11-10-,40-32?/t21-,22-,23-,25-,29+,31+,38-/m1/s1. The predicted molar refractivity (Wildman–Crippen MR) is 212 cm³/mol. The van der Waals surface area contributed by atoms with Crippen LogP contribution < -0.4 is 24.8 Å². The Morgan fingerprint density at radius 2 is 1.85 bits per heavy atom.